The average molecular weight is 319 g/mol. The topological polar surface area (TPSA) is 38.1 Å². The van der Waals surface area contributed by atoms with Crippen molar-refractivity contribution in [1.82, 2.24) is 14.5 Å². The van der Waals surface area contributed by atoms with Gasteiger partial charge in [-0.3, -0.25) is 4.79 Å². The summed E-state index contributed by atoms with van der Waals surface area (Å²) in [5.41, 5.74) is 0.106. The fourth-order valence-electron chi connectivity index (χ4n) is 3.14. The Morgan fingerprint density at radius 2 is 2.22 bits per heavy atom. The lowest BCUT2D eigenvalue weighted by molar-refractivity contribution is -0.131. The fraction of sp³-hybridized carbons (Fsp3) is 0.412. The maximum Gasteiger partial charge on any atom is 0.227 e. The van der Waals surface area contributed by atoms with Crippen LogP contribution in [0.5, 0.6) is 0 Å². The molecule has 1 saturated heterocycles. The van der Waals surface area contributed by atoms with Gasteiger partial charge < -0.3 is 9.47 Å². The van der Waals surface area contributed by atoms with Gasteiger partial charge in [-0.1, -0.05) is 12.1 Å². The molecule has 122 valence electrons. The zero-order valence-corrected chi connectivity index (χ0v) is 13.0. The normalized spacial score (nSPS) is 18.2. The van der Waals surface area contributed by atoms with Crippen LogP contribution in [0.15, 0.2) is 30.6 Å². The van der Waals surface area contributed by atoms with E-state index in [4.69, 9.17) is 0 Å². The Morgan fingerprint density at radius 3 is 2.96 bits per heavy atom. The van der Waals surface area contributed by atoms with E-state index in [2.05, 4.69) is 4.98 Å². The van der Waals surface area contributed by atoms with Gasteiger partial charge in [-0.05, 0) is 18.9 Å². The number of piperidine rings is 1. The van der Waals surface area contributed by atoms with Crippen molar-refractivity contribution in [3.8, 4) is 0 Å². The van der Waals surface area contributed by atoms with Crippen LogP contribution in [0.1, 0.15) is 30.1 Å². The quantitative estimate of drug-likeness (QED) is 0.872. The van der Waals surface area contributed by atoms with Crippen LogP contribution < -0.4 is 0 Å². The number of hydrogen-bond acceptors (Lipinski definition) is 2. The summed E-state index contributed by atoms with van der Waals surface area (Å²) < 4.78 is 28.9. The molecule has 23 heavy (non-hydrogen) atoms. The van der Waals surface area contributed by atoms with Gasteiger partial charge in [-0.25, -0.2) is 13.8 Å². The van der Waals surface area contributed by atoms with Crippen molar-refractivity contribution >= 4 is 5.91 Å². The van der Waals surface area contributed by atoms with Crippen LogP contribution in [-0.2, 0) is 18.3 Å². The zero-order chi connectivity index (χ0) is 16.4. The number of hydrogen-bond donors (Lipinski definition) is 0. The molecule has 0 radical (unpaired) electrons. The van der Waals surface area contributed by atoms with Crippen molar-refractivity contribution in [3.63, 3.8) is 0 Å². The summed E-state index contributed by atoms with van der Waals surface area (Å²) in [6.45, 7) is 1.22. The molecule has 2 heterocycles. The molecular formula is C17H19F2N3O. The summed E-state index contributed by atoms with van der Waals surface area (Å²) in [6, 6.07) is 3.94. The van der Waals surface area contributed by atoms with Crippen LogP contribution in [0, 0.1) is 11.6 Å². The maximum atomic E-state index is 13.7. The first-order valence-corrected chi connectivity index (χ1v) is 7.74. The molecule has 1 aliphatic rings. The third kappa shape index (κ3) is 3.25. The van der Waals surface area contributed by atoms with Gasteiger partial charge in [0.1, 0.15) is 5.82 Å². The van der Waals surface area contributed by atoms with Crippen molar-refractivity contribution in [2.24, 2.45) is 7.05 Å². The zero-order valence-electron chi connectivity index (χ0n) is 13.0. The highest BCUT2D eigenvalue weighted by molar-refractivity contribution is 5.79. The first-order valence-electron chi connectivity index (χ1n) is 7.74. The van der Waals surface area contributed by atoms with Crippen molar-refractivity contribution in [3.05, 3.63) is 53.6 Å². The number of imidazole rings is 1. The van der Waals surface area contributed by atoms with E-state index in [1.54, 1.807) is 11.1 Å². The van der Waals surface area contributed by atoms with Crippen LogP contribution in [0.2, 0.25) is 0 Å². The van der Waals surface area contributed by atoms with Gasteiger partial charge in [-0.15, -0.1) is 0 Å². The van der Waals surface area contributed by atoms with Gasteiger partial charge in [-0.2, -0.15) is 0 Å². The molecule has 1 amide bonds. The van der Waals surface area contributed by atoms with Gasteiger partial charge in [0.15, 0.2) is 11.6 Å². The average Bonchev–Trinajstić information content (AvgIpc) is 2.98. The van der Waals surface area contributed by atoms with Crippen molar-refractivity contribution in [2.75, 3.05) is 13.1 Å². The third-order valence-corrected chi connectivity index (χ3v) is 4.37. The molecule has 1 fully saturated rings. The maximum absolute atomic E-state index is 13.7. The molecule has 0 spiro atoms. The summed E-state index contributed by atoms with van der Waals surface area (Å²) in [5, 5.41) is 0. The van der Waals surface area contributed by atoms with E-state index in [0.717, 1.165) is 24.7 Å². The molecular weight excluding hydrogens is 300 g/mol. The standard InChI is InChI=1S/C17H19F2N3O/c1-21-9-7-20-17(21)13-5-3-8-22(11-13)15(23)10-12-4-2-6-14(18)16(12)19/h2,4,6-7,9,13H,3,5,8,10-11H2,1H3/t13-/m1/s1. The van der Waals surface area contributed by atoms with E-state index in [-0.39, 0.29) is 23.8 Å². The van der Waals surface area contributed by atoms with E-state index in [0.29, 0.717) is 13.1 Å². The molecule has 0 N–H and O–H groups in total. The van der Waals surface area contributed by atoms with E-state index in [1.165, 1.54) is 12.1 Å². The Balaban J connectivity index is 1.70. The molecule has 1 aromatic carbocycles. The van der Waals surface area contributed by atoms with E-state index >= 15 is 0 Å². The lowest BCUT2D eigenvalue weighted by atomic mass is 9.96. The van der Waals surface area contributed by atoms with Gasteiger partial charge in [0.05, 0.1) is 6.42 Å². The first kappa shape index (κ1) is 15.6. The molecule has 2 aromatic rings. The number of benzene rings is 1. The second-order valence-corrected chi connectivity index (χ2v) is 5.96. The molecule has 0 bridgehead atoms. The SMILES string of the molecule is Cn1ccnc1[C@@H]1CCCN(C(=O)Cc2cccc(F)c2F)C1. The van der Waals surface area contributed by atoms with Crippen LogP contribution in [0.25, 0.3) is 0 Å². The Kier molecular flexibility index (Phi) is 4.41. The van der Waals surface area contributed by atoms with Crippen LogP contribution >= 0.6 is 0 Å². The largest absolute Gasteiger partial charge is 0.342 e. The van der Waals surface area contributed by atoms with Crippen molar-refractivity contribution in [1.29, 1.82) is 0 Å². The monoisotopic (exact) mass is 319 g/mol. The summed E-state index contributed by atoms with van der Waals surface area (Å²) in [6.07, 6.45) is 5.38. The van der Waals surface area contributed by atoms with Gasteiger partial charge in [0.25, 0.3) is 0 Å². The highest BCUT2D eigenvalue weighted by atomic mass is 19.2. The molecule has 1 aliphatic heterocycles. The number of amides is 1. The number of likely N-dealkylation sites (tertiary alicyclic amines) is 1. The molecule has 1 atom stereocenters. The van der Waals surface area contributed by atoms with Crippen LogP contribution in [0.3, 0.4) is 0 Å². The molecule has 6 heteroatoms. The minimum absolute atomic E-state index is 0.106. The molecule has 1 aromatic heterocycles. The number of aryl methyl sites for hydroxylation is 1. The number of aromatic nitrogens is 2. The summed E-state index contributed by atoms with van der Waals surface area (Å²) in [5.74, 6) is -0.878. The second-order valence-electron chi connectivity index (χ2n) is 5.96. The van der Waals surface area contributed by atoms with Gasteiger partial charge in [0, 0.05) is 44.0 Å². The number of carbonyl (C=O) groups excluding carboxylic acids is 1. The summed E-state index contributed by atoms with van der Waals surface area (Å²) in [4.78, 5) is 18.5. The Morgan fingerprint density at radius 1 is 1.39 bits per heavy atom. The minimum atomic E-state index is -0.932. The lowest BCUT2D eigenvalue weighted by Gasteiger charge is -2.32. The molecule has 4 nitrogen and oxygen atoms in total. The Hall–Kier alpha value is -2.24. The molecule has 3 rings (SSSR count). The lowest BCUT2D eigenvalue weighted by Crippen LogP contribution is -2.40. The minimum Gasteiger partial charge on any atom is -0.342 e. The predicted octanol–water partition coefficient (Wildman–Crippen LogP) is 2.65. The van der Waals surface area contributed by atoms with E-state index < -0.39 is 11.6 Å². The van der Waals surface area contributed by atoms with Crippen molar-refractivity contribution < 1.29 is 13.6 Å². The molecule has 0 saturated carbocycles. The summed E-state index contributed by atoms with van der Waals surface area (Å²) >= 11 is 0. The Bertz CT molecular complexity index is 714. The summed E-state index contributed by atoms with van der Waals surface area (Å²) in [7, 11) is 1.94. The third-order valence-electron chi connectivity index (χ3n) is 4.37. The van der Waals surface area contributed by atoms with Gasteiger partial charge in [0.2, 0.25) is 5.91 Å². The number of nitrogens with zero attached hydrogens (tertiary/aromatic N) is 3. The fourth-order valence-corrected chi connectivity index (χ4v) is 3.14. The number of rotatable bonds is 3. The smallest absolute Gasteiger partial charge is 0.227 e. The van der Waals surface area contributed by atoms with E-state index in [9.17, 15) is 13.6 Å². The molecule has 0 unspecified atom stereocenters. The highest BCUT2D eigenvalue weighted by Gasteiger charge is 2.27. The number of carbonyl (C=O) groups is 1. The second kappa shape index (κ2) is 6.48. The van der Waals surface area contributed by atoms with Gasteiger partial charge >= 0.3 is 0 Å². The number of halogens is 2. The first-order chi connectivity index (χ1) is 11.1. The molecule has 0 aliphatic carbocycles. The predicted molar refractivity (Wildman–Crippen MR) is 81.8 cm³/mol. The Labute approximate surface area is 133 Å². The van der Waals surface area contributed by atoms with Crippen LogP contribution in [-0.4, -0.2) is 33.4 Å². The van der Waals surface area contributed by atoms with E-state index in [1.807, 2.05) is 17.8 Å². The highest BCUT2D eigenvalue weighted by Crippen LogP contribution is 2.26. The van der Waals surface area contributed by atoms with Crippen LogP contribution in [0.4, 0.5) is 8.78 Å². The van der Waals surface area contributed by atoms with Crippen molar-refractivity contribution in [2.45, 2.75) is 25.2 Å².